The van der Waals surface area contributed by atoms with E-state index >= 15 is 0 Å². The van der Waals surface area contributed by atoms with Crippen molar-refractivity contribution in [2.24, 2.45) is 0 Å². The number of para-hydroxylation sites is 1. The van der Waals surface area contributed by atoms with E-state index in [2.05, 4.69) is 5.10 Å². The van der Waals surface area contributed by atoms with Crippen LogP contribution in [0.1, 0.15) is 28.7 Å². The molecule has 4 aromatic rings. The second kappa shape index (κ2) is 8.67. The number of carbonyl (C=O) groups is 1. The van der Waals surface area contributed by atoms with Crippen molar-refractivity contribution in [2.45, 2.75) is 27.3 Å². The van der Waals surface area contributed by atoms with E-state index in [1.807, 2.05) is 67.9 Å². The Bertz CT molecular complexity index is 1130. The summed E-state index contributed by atoms with van der Waals surface area (Å²) in [6.07, 6.45) is 0. The molecule has 154 valence electrons. The maximum Gasteiger partial charge on any atom is 0.260 e. The van der Waals surface area contributed by atoms with Crippen LogP contribution in [0.5, 0.6) is 5.75 Å². The van der Waals surface area contributed by atoms with Crippen LogP contribution in [0.25, 0.3) is 10.2 Å². The van der Waals surface area contributed by atoms with Gasteiger partial charge in [-0.25, -0.2) is 4.98 Å². The number of hydrogen-bond donors (Lipinski definition) is 0. The fourth-order valence-electron chi connectivity index (χ4n) is 3.37. The summed E-state index contributed by atoms with van der Waals surface area (Å²) in [6, 6.07) is 17.2. The Balaban J connectivity index is 1.65. The third-order valence-electron chi connectivity index (χ3n) is 4.81. The van der Waals surface area contributed by atoms with E-state index in [-0.39, 0.29) is 5.91 Å². The maximum absolute atomic E-state index is 13.4. The fraction of sp³-hybridized carbons (Fsp3) is 0.261. The smallest absolute Gasteiger partial charge is 0.260 e. The van der Waals surface area contributed by atoms with E-state index < -0.39 is 0 Å². The van der Waals surface area contributed by atoms with Gasteiger partial charge in [0.15, 0.2) is 5.13 Å². The van der Waals surface area contributed by atoms with Gasteiger partial charge in [-0.05, 0) is 63.2 Å². The summed E-state index contributed by atoms with van der Waals surface area (Å²) >= 11 is 1.52. The molecule has 30 heavy (non-hydrogen) atoms. The molecule has 0 aliphatic rings. The number of aryl methyl sites for hydroxylation is 2. The molecule has 0 saturated carbocycles. The standard InChI is InChI=1S/C23H24N4O2S/c1-4-29-19-11-9-18(10-12-19)22(28)26(13-14-27-17(3)15-16(2)25-27)23-24-20-7-5-6-8-21(20)30-23/h5-12,15H,4,13-14H2,1-3H3. The molecular formula is C23H24N4O2S. The van der Waals surface area contributed by atoms with Gasteiger partial charge in [-0.1, -0.05) is 23.5 Å². The van der Waals surface area contributed by atoms with Crippen LogP contribution < -0.4 is 9.64 Å². The summed E-state index contributed by atoms with van der Waals surface area (Å²) in [6.45, 7) is 7.60. The second-order valence-corrected chi connectivity index (χ2v) is 8.04. The lowest BCUT2D eigenvalue weighted by atomic mass is 10.2. The molecule has 0 N–H and O–H groups in total. The molecule has 0 unspecified atom stereocenters. The molecule has 0 bridgehead atoms. The maximum atomic E-state index is 13.4. The quantitative estimate of drug-likeness (QED) is 0.429. The van der Waals surface area contributed by atoms with Gasteiger partial charge in [0.1, 0.15) is 5.75 Å². The number of amides is 1. The molecule has 1 amide bonds. The highest BCUT2D eigenvalue weighted by Crippen LogP contribution is 2.30. The first-order chi connectivity index (χ1) is 14.5. The Labute approximate surface area is 179 Å². The van der Waals surface area contributed by atoms with Gasteiger partial charge < -0.3 is 4.74 Å². The summed E-state index contributed by atoms with van der Waals surface area (Å²) in [5, 5.41) is 5.22. The molecule has 2 heterocycles. The lowest BCUT2D eigenvalue weighted by molar-refractivity contribution is 0.0985. The summed E-state index contributed by atoms with van der Waals surface area (Å²) in [7, 11) is 0. The minimum absolute atomic E-state index is 0.0846. The van der Waals surface area contributed by atoms with Crippen molar-refractivity contribution >= 4 is 32.6 Å². The first-order valence-electron chi connectivity index (χ1n) is 9.96. The van der Waals surface area contributed by atoms with E-state index in [0.717, 1.165) is 27.4 Å². The highest BCUT2D eigenvalue weighted by Gasteiger charge is 2.22. The van der Waals surface area contributed by atoms with E-state index in [1.165, 1.54) is 11.3 Å². The predicted octanol–water partition coefficient (Wildman–Crippen LogP) is 4.86. The van der Waals surface area contributed by atoms with Crippen LogP contribution in [-0.2, 0) is 6.54 Å². The Morgan fingerprint density at radius 1 is 1.13 bits per heavy atom. The molecule has 2 aromatic carbocycles. The first-order valence-corrected chi connectivity index (χ1v) is 10.8. The minimum Gasteiger partial charge on any atom is -0.494 e. The Kier molecular flexibility index (Phi) is 5.81. The van der Waals surface area contributed by atoms with Gasteiger partial charge in [0.2, 0.25) is 0 Å². The van der Waals surface area contributed by atoms with Gasteiger partial charge in [0.05, 0.1) is 29.1 Å². The van der Waals surface area contributed by atoms with Gasteiger partial charge in [0.25, 0.3) is 5.91 Å². The number of thiazole rings is 1. The van der Waals surface area contributed by atoms with Crippen molar-refractivity contribution in [1.29, 1.82) is 0 Å². The molecule has 6 nitrogen and oxygen atoms in total. The van der Waals surface area contributed by atoms with Crippen LogP contribution in [0.15, 0.2) is 54.6 Å². The topological polar surface area (TPSA) is 60.2 Å². The number of nitrogens with zero attached hydrogens (tertiary/aromatic N) is 4. The van der Waals surface area contributed by atoms with E-state index in [9.17, 15) is 4.79 Å². The highest BCUT2D eigenvalue weighted by atomic mass is 32.1. The third kappa shape index (κ3) is 4.21. The Morgan fingerprint density at radius 3 is 2.57 bits per heavy atom. The summed E-state index contributed by atoms with van der Waals surface area (Å²) in [4.78, 5) is 19.9. The molecule has 7 heteroatoms. The van der Waals surface area contributed by atoms with Crippen molar-refractivity contribution in [3.63, 3.8) is 0 Å². The minimum atomic E-state index is -0.0846. The number of rotatable bonds is 7. The van der Waals surface area contributed by atoms with Crippen molar-refractivity contribution in [3.05, 3.63) is 71.5 Å². The molecule has 0 radical (unpaired) electrons. The fourth-order valence-corrected chi connectivity index (χ4v) is 4.36. The van der Waals surface area contributed by atoms with Crippen LogP contribution in [0.2, 0.25) is 0 Å². The molecule has 2 aromatic heterocycles. The second-order valence-electron chi connectivity index (χ2n) is 7.03. The molecule has 0 saturated heterocycles. The number of carbonyl (C=O) groups excluding carboxylic acids is 1. The summed E-state index contributed by atoms with van der Waals surface area (Å²) < 4.78 is 8.49. The van der Waals surface area contributed by atoms with Crippen LogP contribution in [0.4, 0.5) is 5.13 Å². The Morgan fingerprint density at radius 2 is 1.90 bits per heavy atom. The van der Waals surface area contributed by atoms with Crippen molar-refractivity contribution in [1.82, 2.24) is 14.8 Å². The van der Waals surface area contributed by atoms with Crippen LogP contribution in [0, 0.1) is 13.8 Å². The van der Waals surface area contributed by atoms with Gasteiger partial charge in [-0.2, -0.15) is 5.10 Å². The van der Waals surface area contributed by atoms with Gasteiger partial charge in [-0.15, -0.1) is 0 Å². The lowest BCUT2D eigenvalue weighted by Crippen LogP contribution is -2.34. The number of fused-ring (bicyclic) bond motifs is 1. The first kappa shape index (κ1) is 20.1. The molecule has 0 aliphatic carbocycles. The average Bonchev–Trinajstić information content (AvgIpc) is 3.31. The largest absolute Gasteiger partial charge is 0.494 e. The normalized spacial score (nSPS) is 11.0. The molecule has 0 fully saturated rings. The van der Waals surface area contributed by atoms with Crippen LogP contribution >= 0.6 is 11.3 Å². The predicted molar refractivity (Wildman–Crippen MR) is 121 cm³/mol. The average molecular weight is 421 g/mol. The number of anilines is 1. The zero-order chi connectivity index (χ0) is 21.1. The Hall–Kier alpha value is -3.19. The zero-order valence-electron chi connectivity index (χ0n) is 17.3. The number of aromatic nitrogens is 3. The number of hydrogen-bond acceptors (Lipinski definition) is 5. The number of benzene rings is 2. The summed E-state index contributed by atoms with van der Waals surface area (Å²) in [5.74, 6) is 0.668. The van der Waals surface area contributed by atoms with Crippen LogP contribution in [0.3, 0.4) is 0 Å². The molecular weight excluding hydrogens is 396 g/mol. The van der Waals surface area contributed by atoms with Crippen LogP contribution in [-0.4, -0.2) is 33.8 Å². The monoisotopic (exact) mass is 420 g/mol. The molecule has 0 aliphatic heterocycles. The van der Waals surface area contributed by atoms with Crippen molar-refractivity contribution in [2.75, 3.05) is 18.1 Å². The van der Waals surface area contributed by atoms with E-state index in [0.29, 0.717) is 30.4 Å². The third-order valence-corrected chi connectivity index (χ3v) is 5.87. The van der Waals surface area contributed by atoms with Gasteiger partial charge >= 0.3 is 0 Å². The molecule has 0 atom stereocenters. The van der Waals surface area contributed by atoms with E-state index in [1.54, 1.807) is 17.0 Å². The lowest BCUT2D eigenvalue weighted by Gasteiger charge is -2.20. The summed E-state index contributed by atoms with van der Waals surface area (Å²) in [5.41, 5.74) is 3.54. The highest BCUT2D eigenvalue weighted by molar-refractivity contribution is 7.22. The number of ether oxygens (including phenoxy) is 1. The molecule has 0 spiro atoms. The van der Waals surface area contributed by atoms with Gasteiger partial charge in [0, 0.05) is 17.8 Å². The zero-order valence-corrected chi connectivity index (χ0v) is 18.1. The van der Waals surface area contributed by atoms with Crippen molar-refractivity contribution in [3.8, 4) is 5.75 Å². The van der Waals surface area contributed by atoms with Crippen molar-refractivity contribution < 1.29 is 9.53 Å². The molecule has 4 rings (SSSR count). The van der Waals surface area contributed by atoms with Gasteiger partial charge in [-0.3, -0.25) is 14.4 Å². The SMILES string of the molecule is CCOc1ccc(C(=O)N(CCn2nc(C)cc2C)c2nc3ccccc3s2)cc1. The van der Waals surface area contributed by atoms with E-state index in [4.69, 9.17) is 9.72 Å².